The third-order valence-corrected chi connectivity index (χ3v) is 13.6. The number of pyridine rings is 1. The number of fused-ring (bicyclic) bond motifs is 3. The first-order chi connectivity index (χ1) is 34.0. The molecule has 2 aliphatic rings. The van der Waals surface area contributed by atoms with Gasteiger partial charge in [0.15, 0.2) is 10.8 Å². The predicted molar refractivity (Wildman–Crippen MR) is 266 cm³/mol. The molecule has 0 saturated carbocycles. The molecule has 0 spiro atoms. The number of carbonyl (C=O) groups excluding carboxylic acids is 4. The number of aromatic nitrogens is 4. The van der Waals surface area contributed by atoms with Crippen LogP contribution in [-0.4, -0.2) is 74.2 Å². The van der Waals surface area contributed by atoms with Crippen molar-refractivity contribution in [3.05, 3.63) is 155 Å². The molecule has 0 aliphatic carbocycles. The number of carbonyl (C=O) groups is 5. The standard InChI is InChI=1S/C53H46N8O8S/c1-30-34(46-41(22-24-54-48(46)52(66)67)61-25-23-32-8-5-10-35(38(32)29-61)50(64)58-53-56-39-12-3-4-15-43(39)70-53)9-7-14-42(30)69-27-26-68-33-18-16-31(17-19-33)28-45(63)55-40-13-6-11-36-47(59-60(2)49(36)40)37-20-21-44(62)57-51(37)65/h3-19,22,24,37H,20-21,23,25-29H2,1-2H3,(H,55,63)(H,66,67)(H,56,58,64)(H,57,62,65). The van der Waals surface area contributed by atoms with Gasteiger partial charge in [-0.05, 0) is 96.1 Å². The third kappa shape index (κ3) is 9.13. The number of imide groups is 1. The van der Waals surface area contributed by atoms with Crippen molar-refractivity contribution >= 4 is 78.6 Å². The number of benzene rings is 5. The number of piperidine rings is 1. The Morgan fingerprint density at radius 3 is 2.50 bits per heavy atom. The SMILES string of the molecule is Cc1c(OCCOc2ccc(CC(=O)Nc3cccc4c(C5CCC(=O)NC5=O)nn(C)c34)cc2)cccc1-c1c(N2CCc3cccc(C(=O)Nc4nc5ccccc5s4)c3C2)ccnc1C(=O)O. The van der Waals surface area contributed by atoms with Gasteiger partial charge in [-0.2, -0.15) is 5.10 Å². The summed E-state index contributed by atoms with van der Waals surface area (Å²) in [5, 5.41) is 24.7. The van der Waals surface area contributed by atoms with Gasteiger partial charge in [0.05, 0.1) is 39.5 Å². The molecule has 8 aromatic rings. The Kier molecular flexibility index (Phi) is 12.5. The van der Waals surface area contributed by atoms with Crippen LogP contribution in [0.25, 0.3) is 32.2 Å². The van der Waals surface area contributed by atoms with Gasteiger partial charge in [-0.25, -0.2) is 14.8 Å². The average molecular weight is 955 g/mol. The number of rotatable bonds is 14. The summed E-state index contributed by atoms with van der Waals surface area (Å²) in [6.45, 7) is 3.24. The number of anilines is 3. The third-order valence-electron chi connectivity index (χ3n) is 12.7. The second-order valence-corrected chi connectivity index (χ2v) is 18.2. The van der Waals surface area contributed by atoms with E-state index in [1.54, 1.807) is 36.0 Å². The molecule has 2 aliphatic heterocycles. The largest absolute Gasteiger partial charge is 0.490 e. The first-order valence-corrected chi connectivity index (χ1v) is 23.6. The van der Waals surface area contributed by atoms with E-state index in [4.69, 9.17) is 9.47 Å². The summed E-state index contributed by atoms with van der Waals surface area (Å²) in [5.41, 5.74) is 8.25. The van der Waals surface area contributed by atoms with Gasteiger partial charge in [-0.1, -0.05) is 72.0 Å². The summed E-state index contributed by atoms with van der Waals surface area (Å²) in [7, 11) is 1.76. The van der Waals surface area contributed by atoms with E-state index in [0.29, 0.717) is 81.8 Å². The number of thiazole rings is 1. The number of hydrogen-bond donors (Lipinski definition) is 4. The predicted octanol–water partition coefficient (Wildman–Crippen LogP) is 8.23. The van der Waals surface area contributed by atoms with E-state index in [0.717, 1.165) is 37.9 Å². The molecule has 1 saturated heterocycles. The van der Waals surface area contributed by atoms with Gasteiger partial charge in [-0.15, -0.1) is 0 Å². The zero-order valence-electron chi connectivity index (χ0n) is 38.2. The lowest BCUT2D eigenvalue weighted by atomic mass is 9.92. The molecule has 4 N–H and O–H groups in total. The minimum absolute atomic E-state index is 0.0962. The number of para-hydroxylation sites is 2. The van der Waals surface area contributed by atoms with E-state index in [1.165, 1.54) is 17.5 Å². The lowest BCUT2D eigenvalue weighted by molar-refractivity contribution is -0.134. The van der Waals surface area contributed by atoms with Crippen molar-refractivity contribution in [1.29, 1.82) is 0 Å². The molecule has 3 aromatic heterocycles. The molecule has 16 nitrogen and oxygen atoms in total. The van der Waals surface area contributed by atoms with Gasteiger partial charge in [0, 0.05) is 55.0 Å². The van der Waals surface area contributed by atoms with Crippen LogP contribution < -0.4 is 30.3 Å². The fourth-order valence-corrected chi connectivity index (χ4v) is 10.2. The van der Waals surface area contributed by atoms with Gasteiger partial charge in [-0.3, -0.25) is 34.5 Å². The van der Waals surface area contributed by atoms with Crippen LogP contribution in [0.5, 0.6) is 11.5 Å². The van der Waals surface area contributed by atoms with Gasteiger partial charge in [0.1, 0.15) is 24.7 Å². The lowest BCUT2D eigenvalue weighted by Gasteiger charge is -2.33. The number of ether oxygens (including phenoxy) is 2. The van der Waals surface area contributed by atoms with E-state index in [1.807, 2.05) is 91.9 Å². The molecule has 1 fully saturated rings. The van der Waals surface area contributed by atoms with E-state index in [-0.39, 0.29) is 55.4 Å². The van der Waals surface area contributed by atoms with Gasteiger partial charge < -0.3 is 24.8 Å². The molecular formula is C53H46N8O8S. The van der Waals surface area contributed by atoms with Crippen molar-refractivity contribution < 1.29 is 38.6 Å². The number of hydrogen-bond acceptors (Lipinski definition) is 12. The van der Waals surface area contributed by atoms with Crippen LogP contribution in [0, 0.1) is 6.92 Å². The van der Waals surface area contributed by atoms with Crippen molar-refractivity contribution in [2.24, 2.45) is 7.05 Å². The lowest BCUT2D eigenvalue weighted by Crippen LogP contribution is -2.39. The maximum atomic E-state index is 13.8. The van der Waals surface area contributed by atoms with Crippen LogP contribution in [0.2, 0.25) is 0 Å². The number of nitrogens with zero attached hydrogens (tertiary/aromatic N) is 5. The maximum Gasteiger partial charge on any atom is 0.355 e. The number of carboxylic acid groups (broad SMARTS) is 1. The fraction of sp³-hybridized carbons (Fsp3) is 0.208. The molecule has 4 amide bonds. The Hall–Kier alpha value is -8.44. The zero-order chi connectivity index (χ0) is 48.5. The van der Waals surface area contributed by atoms with Crippen LogP contribution in [0.3, 0.4) is 0 Å². The first-order valence-electron chi connectivity index (χ1n) is 22.8. The smallest absolute Gasteiger partial charge is 0.355 e. The molecular weight excluding hydrogens is 909 g/mol. The number of nitrogens with one attached hydrogen (secondary N) is 3. The van der Waals surface area contributed by atoms with Crippen LogP contribution in [0.1, 0.15) is 67.6 Å². The van der Waals surface area contributed by atoms with Crippen molar-refractivity contribution in [1.82, 2.24) is 25.1 Å². The highest BCUT2D eigenvalue weighted by atomic mass is 32.1. The molecule has 17 heteroatoms. The van der Waals surface area contributed by atoms with E-state index in [2.05, 4.69) is 35.9 Å². The number of aryl methyl sites for hydroxylation is 1. The Labute approximate surface area is 405 Å². The van der Waals surface area contributed by atoms with Crippen LogP contribution in [-0.2, 0) is 40.8 Å². The van der Waals surface area contributed by atoms with Crippen LogP contribution in [0.15, 0.2) is 115 Å². The maximum absolute atomic E-state index is 13.8. The Morgan fingerprint density at radius 1 is 0.886 bits per heavy atom. The number of amides is 4. The summed E-state index contributed by atoms with van der Waals surface area (Å²) in [5.74, 6) is -1.74. The molecule has 352 valence electrons. The second kappa shape index (κ2) is 19.3. The summed E-state index contributed by atoms with van der Waals surface area (Å²) in [6, 6.07) is 33.4. The normalized spacial score (nSPS) is 14.5. The second-order valence-electron chi connectivity index (χ2n) is 17.1. The minimum atomic E-state index is -1.17. The molecule has 1 atom stereocenters. The Balaban J connectivity index is 0.782. The van der Waals surface area contributed by atoms with Gasteiger partial charge in [0.25, 0.3) is 5.91 Å². The molecule has 0 radical (unpaired) electrons. The number of carboxylic acids is 1. The molecule has 10 rings (SSSR count). The zero-order valence-corrected chi connectivity index (χ0v) is 39.0. The molecule has 1 unspecified atom stereocenters. The summed E-state index contributed by atoms with van der Waals surface area (Å²) < 4.78 is 14.9. The van der Waals surface area contributed by atoms with Crippen molar-refractivity contribution in [3.8, 4) is 22.6 Å². The van der Waals surface area contributed by atoms with E-state index in [9.17, 15) is 29.1 Å². The number of aromatic carboxylic acids is 1. The topological polar surface area (TPSA) is 207 Å². The van der Waals surface area contributed by atoms with Crippen molar-refractivity contribution in [3.63, 3.8) is 0 Å². The summed E-state index contributed by atoms with van der Waals surface area (Å²) >= 11 is 1.41. The van der Waals surface area contributed by atoms with Gasteiger partial charge >= 0.3 is 5.97 Å². The monoisotopic (exact) mass is 954 g/mol. The molecule has 0 bridgehead atoms. The highest BCUT2D eigenvalue weighted by molar-refractivity contribution is 7.22. The first kappa shape index (κ1) is 45.3. The molecule has 5 aromatic carbocycles. The Morgan fingerprint density at radius 2 is 1.69 bits per heavy atom. The fourth-order valence-electron chi connectivity index (χ4n) is 9.35. The average Bonchev–Trinajstić information content (AvgIpc) is 3.93. The summed E-state index contributed by atoms with van der Waals surface area (Å²) in [4.78, 5) is 75.2. The van der Waals surface area contributed by atoms with E-state index < -0.39 is 11.9 Å². The van der Waals surface area contributed by atoms with Crippen LogP contribution in [0.4, 0.5) is 16.5 Å². The molecule has 5 heterocycles. The quantitative estimate of drug-likeness (QED) is 0.0601. The minimum Gasteiger partial charge on any atom is -0.490 e. The highest BCUT2D eigenvalue weighted by Crippen LogP contribution is 2.41. The van der Waals surface area contributed by atoms with Crippen LogP contribution >= 0.6 is 11.3 Å². The van der Waals surface area contributed by atoms with E-state index >= 15 is 0 Å². The molecule has 70 heavy (non-hydrogen) atoms. The van der Waals surface area contributed by atoms with Crippen molar-refractivity contribution in [2.75, 3.05) is 35.3 Å². The highest BCUT2D eigenvalue weighted by Gasteiger charge is 2.32. The summed E-state index contributed by atoms with van der Waals surface area (Å²) in [6.07, 6.45) is 2.86. The van der Waals surface area contributed by atoms with Gasteiger partial charge in [0.2, 0.25) is 17.7 Å². The van der Waals surface area contributed by atoms with Crippen molar-refractivity contribution in [2.45, 2.75) is 45.1 Å². The Bertz CT molecular complexity index is 3350.